The van der Waals surface area contributed by atoms with Crippen LogP contribution in [0, 0.1) is 34.5 Å². The smallest absolute Gasteiger partial charge is 0.302 e. The fraction of sp³-hybridized carbons (Fsp3) is 0.926. The summed E-state index contributed by atoms with van der Waals surface area (Å²) in [6.07, 6.45) is 9.33. The third-order valence-corrected chi connectivity index (χ3v) is 10.7. The van der Waals surface area contributed by atoms with Gasteiger partial charge in [-0.05, 0) is 80.5 Å². The molecule has 0 radical (unpaired) electrons. The normalized spacial score (nSPS) is 47.7. The molecule has 1 aliphatic heterocycles. The van der Waals surface area contributed by atoms with Crippen LogP contribution in [-0.2, 0) is 23.8 Å². The molecule has 0 spiro atoms. The van der Waals surface area contributed by atoms with E-state index in [4.69, 9.17) is 14.2 Å². The van der Waals surface area contributed by atoms with Gasteiger partial charge in [0.2, 0.25) is 0 Å². The number of carbonyl (C=O) groups is 2. The van der Waals surface area contributed by atoms with E-state index in [0.29, 0.717) is 29.2 Å². The predicted molar refractivity (Wildman–Crippen MR) is 124 cm³/mol. The average Bonchev–Trinajstić information content (AvgIpc) is 3.06. The third kappa shape index (κ3) is 4.03. The van der Waals surface area contributed by atoms with E-state index in [1.807, 2.05) is 0 Å². The second-order valence-corrected chi connectivity index (χ2v) is 12.2. The van der Waals surface area contributed by atoms with Gasteiger partial charge in [-0.15, -0.1) is 0 Å². The highest BCUT2D eigenvalue weighted by Crippen LogP contribution is 2.67. The van der Waals surface area contributed by atoms with E-state index in [0.717, 1.165) is 57.9 Å². The van der Waals surface area contributed by atoms with Gasteiger partial charge in [0.25, 0.3) is 0 Å². The number of hydrogen-bond acceptors (Lipinski definition) is 6. The summed E-state index contributed by atoms with van der Waals surface area (Å²) in [7, 11) is 0. The van der Waals surface area contributed by atoms with E-state index >= 15 is 0 Å². The lowest BCUT2D eigenvalue weighted by atomic mass is 9.45. The van der Waals surface area contributed by atoms with Crippen LogP contribution in [0.15, 0.2) is 0 Å². The van der Waals surface area contributed by atoms with E-state index in [-0.39, 0.29) is 29.6 Å². The molecule has 33 heavy (non-hydrogen) atoms. The monoisotopic (exact) mass is 461 g/mol. The summed E-state index contributed by atoms with van der Waals surface area (Å²) >= 11 is 0. The first-order valence-electron chi connectivity index (χ1n) is 13.4. The maximum absolute atomic E-state index is 12.2. The molecule has 0 amide bonds. The highest BCUT2D eigenvalue weighted by molar-refractivity contribution is 5.66. The zero-order chi connectivity index (χ0) is 23.4. The fourth-order valence-electron chi connectivity index (χ4n) is 9.17. The number of hydrogen-bond donors (Lipinski definition) is 0. The summed E-state index contributed by atoms with van der Waals surface area (Å²) in [5, 5.41) is 0. The summed E-state index contributed by atoms with van der Waals surface area (Å²) < 4.78 is 17.4. The molecule has 0 unspecified atom stereocenters. The van der Waals surface area contributed by atoms with Crippen LogP contribution in [0.25, 0.3) is 0 Å². The van der Waals surface area contributed by atoms with Crippen molar-refractivity contribution in [3.8, 4) is 0 Å². The molecule has 1 saturated heterocycles. The van der Waals surface area contributed by atoms with Crippen molar-refractivity contribution in [2.45, 2.75) is 97.3 Å². The molecule has 5 fully saturated rings. The van der Waals surface area contributed by atoms with Crippen molar-refractivity contribution in [1.29, 1.82) is 0 Å². The van der Waals surface area contributed by atoms with Crippen LogP contribution in [0.3, 0.4) is 0 Å². The molecule has 5 rings (SSSR count). The first-order chi connectivity index (χ1) is 15.7. The highest BCUT2D eigenvalue weighted by Gasteiger charge is 2.64. The minimum absolute atomic E-state index is 0.00992. The number of rotatable bonds is 3. The molecule has 0 bridgehead atoms. The number of nitrogens with zero attached hydrogens (tertiary/aromatic N) is 1. The topological polar surface area (TPSA) is 65.1 Å². The molecule has 5 aliphatic rings. The number of fused-ring (bicyclic) bond motifs is 5. The van der Waals surface area contributed by atoms with Crippen LogP contribution in [-0.4, -0.2) is 61.4 Å². The van der Waals surface area contributed by atoms with Gasteiger partial charge in [-0.2, -0.15) is 0 Å². The SMILES string of the molecule is CC(=O)O[C@H]1CC[C@@]2(C)[C@@H](CC[C@@H]3[C@@H]2CC[C@@]2(C)[C@H]3C[C@H](N3CCOCC3)[C@@H]2OC(C)=O)C1. The maximum Gasteiger partial charge on any atom is 0.302 e. The van der Waals surface area contributed by atoms with Crippen molar-refractivity contribution in [1.82, 2.24) is 4.90 Å². The molecule has 0 aromatic heterocycles. The number of carbonyl (C=O) groups excluding carboxylic acids is 2. The van der Waals surface area contributed by atoms with E-state index < -0.39 is 0 Å². The Morgan fingerprint density at radius 2 is 1.55 bits per heavy atom. The maximum atomic E-state index is 12.2. The zero-order valence-electron chi connectivity index (χ0n) is 21.0. The Kier molecular flexibility index (Phi) is 6.30. The lowest BCUT2D eigenvalue weighted by Gasteiger charge is -2.60. The molecule has 0 aromatic rings. The van der Waals surface area contributed by atoms with Crippen molar-refractivity contribution in [2.75, 3.05) is 26.3 Å². The molecular weight excluding hydrogens is 418 g/mol. The summed E-state index contributed by atoms with van der Waals surface area (Å²) in [6, 6.07) is 0.316. The van der Waals surface area contributed by atoms with Gasteiger partial charge in [0, 0.05) is 38.4 Å². The van der Waals surface area contributed by atoms with E-state index in [2.05, 4.69) is 18.7 Å². The van der Waals surface area contributed by atoms with Crippen LogP contribution in [0.5, 0.6) is 0 Å². The standard InChI is InChI=1S/C27H43NO5/c1-17(29)32-20-7-9-26(3)19(15-20)5-6-21-22(26)8-10-27(4)23(21)16-24(25(27)33-18(2)30)28-11-13-31-14-12-28/h19-25H,5-16H2,1-4H3/t19-,20-,21+,22-,23-,24-,25-,26-,27-/m0/s1. The summed E-state index contributed by atoms with van der Waals surface area (Å²) in [4.78, 5) is 26.3. The number of morpholine rings is 1. The Labute approximate surface area is 199 Å². The molecule has 6 nitrogen and oxygen atoms in total. The van der Waals surface area contributed by atoms with Gasteiger partial charge in [0.05, 0.1) is 13.2 Å². The van der Waals surface area contributed by atoms with Crippen molar-refractivity contribution in [3.05, 3.63) is 0 Å². The number of ether oxygens (including phenoxy) is 3. The fourth-order valence-corrected chi connectivity index (χ4v) is 9.17. The largest absolute Gasteiger partial charge is 0.463 e. The molecule has 9 atom stereocenters. The first-order valence-corrected chi connectivity index (χ1v) is 13.4. The molecule has 0 aromatic carbocycles. The van der Waals surface area contributed by atoms with Crippen molar-refractivity contribution < 1.29 is 23.8 Å². The quantitative estimate of drug-likeness (QED) is 0.587. The zero-order valence-corrected chi connectivity index (χ0v) is 21.0. The molecular formula is C27H43NO5. The Balaban J connectivity index is 1.38. The van der Waals surface area contributed by atoms with Gasteiger partial charge in [-0.1, -0.05) is 13.8 Å². The number of esters is 2. The highest BCUT2D eigenvalue weighted by atomic mass is 16.5. The van der Waals surface area contributed by atoms with Crippen LogP contribution >= 0.6 is 0 Å². The molecule has 1 heterocycles. The second-order valence-electron chi connectivity index (χ2n) is 12.2. The van der Waals surface area contributed by atoms with Crippen molar-refractivity contribution >= 4 is 11.9 Å². The van der Waals surface area contributed by atoms with E-state index in [9.17, 15) is 9.59 Å². The average molecular weight is 462 g/mol. The predicted octanol–water partition coefficient (Wildman–Crippen LogP) is 4.20. The molecule has 4 aliphatic carbocycles. The van der Waals surface area contributed by atoms with Crippen molar-refractivity contribution in [3.63, 3.8) is 0 Å². The molecule has 0 N–H and O–H groups in total. The van der Waals surface area contributed by atoms with Gasteiger partial charge in [-0.3, -0.25) is 14.5 Å². The van der Waals surface area contributed by atoms with Gasteiger partial charge in [-0.25, -0.2) is 0 Å². The van der Waals surface area contributed by atoms with Gasteiger partial charge in [0.15, 0.2) is 0 Å². The van der Waals surface area contributed by atoms with Gasteiger partial charge < -0.3 is 14.2 Å². The molecule has 186 valence electrons. The van der Waals surface area contributed by atoms with E-state index in [1.54, 1.807) is 6.92 Å². The van der Waals surface area contributed by atoms with E-state index in [1.165, 1.54) is 32.6 Å². The molecule has 4 saturated carbocycles. The Morgan fingerprint density at radius 1 is 0.848 bits per heavy atom. The van der Waals surface area contributed by atoms with Crippen LogP contribution in [0.2, 0.25) is 0 Å². The Bertz CT molecular complexity index is 766. The van der Waals surface area contributed by atoms with Crippen LogP contribution < -0.4 is 0 Å². The summed E-state index contributed by atoms with van der Waals surface area (Å²) in [5.74, 6) is 2.43. The second kappa shape index (κ2) is 8.82. The molecule has 6 heteroatoms. The van der Waals surface area contributed by atoms with Crippen LogP contribution in [0.1, 0.15) is 79.1 Å². The lowest BCUT2D eigenvalue weighted by molar-refractivity contribution is -0.170. The minimum atomic E-state index is -0.137. The lowest BCUT2D eigenvalue weighted by Crippen LogP contribution is -2.55. The van der Waals surface area contributed by atoms with Gasteiger partial charge in [0.1, 0.15) is 12.2 Å². The van der Waals surface area contributed by atoms with Crippen molar-refractivity contribution in [2.24, 2.45) is 34.5 Å². The Hall–Kier alpha value is -1.14. The van der Waals surface area contributed by atoms with Crippen LogP contribution in [0.4, 0.5) is 0 Å². The third-order valence-electron chi connectivity index (χ3n) is 10.7. The minimum Gasteiger partial charge on any atom is -0.463 e. The van der Waals surface area contributed by atoms with Gasteiger partial charge >= 0.3 is 11.9 Å². The summed E-state index contributed by atoms with van der Waals surface area (Å²) in [6.45, 7) is 11.5. The first kappa shape index (κ1) is 23.6. The summed E-state index contributed by atoms with van der Waals surface area (Å²) in [5.41, 5.74) is 0.406. The Morgan fingerprint density at radius 3 is 2.24 bits per heavy atom.